The largest absolute Gasteiger partial charge is 0.451 e. The van der Waals surface area contributed by atoms with E-state index in [1.165, 1.54) is 34.2 Å². The van der Waals surface area contributed by atoms with E-state index in [1.54, 1.807) is 0 Å². The molecule has 1 spiro atoms. The van der Waals surface area contributed by atoms with Gasteiger partial charge in [-0.1, -0.05) is 6.92 Å². The lowest BCUT2D eigenvalue weighted by atomic mass is 9.83. The minimum Gasteiger partial charge on any atom is -0.366 e. The van der Waals surface area contributed by atoms with E-state index < -0.39 is 12.0 Å². The van der Waals surface area contributed by atoms with Gasteiger partial charge >= 0.3 is 6.18 Å². The van der Waals surface area contributed by atoms with Gasteiger partial charge in [-0.15, -0.1) is 23.1 Å². The molecule has 12 heteroatoms. The second kappa shape index (κ2) is 13.7. The van der Waals surface area contributed by atoms with Crippen LogP contribution in [0.25, 0.3) is 0 Å². The predicted molar refractivity (Wildman–Crippen MR) is 155 cm³/mol. The van der Waals surface area contributed by atoms with Gasteiger partial charge in [-0.25, -0.2) is 9.97 Å². The van der Waals surface area contributed by atoms with Crippen molar-refractivity contribution in [3.63, 3.8) is 0 Å². The second-order valence-electron chi connectivity index (χ2n) is 10.2. The van der Waals surface area contributed by atoms with Crippen molar-refractivity contribution in [3.8, 4) is 0 Å². The van der Waals surface area contributed by atoms with Gasteiger partial charge in [0.15, 0.2) is 6.29 Å². The summed E-state index contributed by atoms with van der Waals surface area (Å²) in [6.07, 6.45) is 3.25. The summed E-state index contributed by atoms with van der Waals surface area (Å²) in [6, 6.07) is 6.06. The summed E-state index contributed by atoms with van der Waals surface area (Å²) < 4.78 is 44.5. The lowest BCUT2D eigenvalue weighted by Gasteiger charge is -2.47. The topological polar surface area (TPSA) is 80.2 Å². The second-order valence-corrected chi connectivity index (χ2v) is 12.7. The number of piperidine rings is 1. The summed E-state index contributed by atoms with van der Waals surface area (Å²) in [4.78, 5) is 27.9. The SMILES string of the molecule is CC1Cc2cc(C=O)sc2C2(CCN(C(C)c3cnc(C(F)(F)F)nc3)CC2)O1.CCSc1ccc(CNC)nc1. The number of nitrogens with one attached hydrogen (secondary N) is 1. The van der Waals surface area contributed by atoms with Gasteiger partial charge in [-0.05, 0) is 69.7 Å². The van der Waals surface area contributed by atoms with Gasteiger partial charge in [-0.3, -0.25) is 14.7 Å². The number of carbonyl (C=O) groups is 1. The lowest BCUT2D eigenvalue weighted by Crippen LogP contribution is -2.48. The first-order chi connectivity index (χ1) is 19.6. The minimum absolute atomic E-state index is 0.0869. The van der Waals surface area contributed by atoms with Crippen LogP contribution in [0.3, 0.4) is 0 Å². The fraction of sp³-hybridized carbons (Fsp3) is 0.517. The zero-order chi connectivity index (χ0) is 29.6. The van der Waals surface area contributed by atoms with Crippen LogP contribution in [0.2, 0.25) is 0 Å². The molecule has 41 heavy (non-hydrogen) atoms. The molecule has 222 valence electrons. The number of likely N-dealkylation sites (tertiary alicyclic amines) is 1. The highest BCUT2D eigenvalue weighted by Crippen LogP contribution is 2.47. The number of nitrogens with zero attached hydrogens (tertiary/aromatic N) is 4. The molecule has 2 aliphatic heterocycles. The number of pyridine rings is 1. The standard InChI is InChI=1S/C20H22F3N3O2S.C9H14N2S/c1-12-7-14-8-16(11-27)29-17(14)19(28-12)3-5-26(6-4-19)13(2)15-9-24-18(25-10-15)20(21,22)23;1-3-12-9-5-4-8(6-10-2)11-7-9/h8-13H,3-7H2,1-2H3;4-5,7,10H,3,6H2,1-2H3. The molecule has 1 saturated heterocycles. The number of hydrogen-bond donors (Lipinski definition) is 1. The fourth-order valence-corrected chi connectivity index (χ4v) is 7.13. The number of aldehydes is 1. The number of aromatic nitrogens is 3. The summed E-state index contributed by atoms with van der Waals surface area (Å²) in [5, 5.41) is 3.07. The molecule has 0 aliphatic carbocycles. The van der Waals surface area contributed by atoms with Gasteiger partial charge in [0.05, 0.1) is 16.7 Å². The number of rotatable bonds is 7. The van der Waals surface area contributed by atoms with Crippen LogP contribution in [0, 0.1) is 0 Å². The summed E-state index contributed by atoms with van der Waals surface area (Å²) in [5.74, 6) is -0.0144. The molecule has 2 aliphatic rings. The number of carbonyl (C=O) groups excluding carboxylic acids is 1. The van der Waals surface area contributed by atoms with Crippen molar-refractivity contribution >= 4 is 29.4 Å². The van der Waals surface area contributed by atoms with Crippen molar-refractivity contribution in [1.82, 2.24) is 25.2 Å². The normalized spacial score (nSPS) is 19.2. The molecule has 3 aromatic heterocycles. The van der Waals surface area contributed by atoms with Crippen molar-refractivity contribution in [1.29, 1.82) is 0 Å². The lowest BCUT2D eigenvalue weighted by molar-refractivity contribution is -0.145. The third-order valence-corrected chi connectivity index (χ3v) is 9.47. The Hall–Kier alpha value is -2.38. The molecule has 5 heterocycles. The van der Waals surface area contributed by atoms with E-state index >= 15 is 0 Å². The fourth-order valence-electron chi connectivity index (χ4n) is 5.31. The highest BCUT2D eigenvalue weighted by molar-refractivity contribution is 7.99. The molecule has 5 rings (SSSR count). The Morgan fingerprint density at radius 2 is 1.93 bits per heavy atom. The quantitative estimate of drug-likeness (QED) is 0.248. The number of alkyl halides is 3. The molecule has 0 amide bonds. The maximum absolute atomic E-state index is 12.7. The van der Waals surface area contributed by atoms with Crippen molar-refractivity contribution in [2.24, 2.45) is 0 Å². The van der Waals surface area contributed by atoms with Crippen LogP contribution in [0.15, 0.2) is 41.7 Å². The average Bonchev–Trinajstić information content (AvgIpc) is 3.39. The number of thiophene rings is 1. The summed E-state index contributed by atoms with van der Waals surface area (Å²) in [5.41, 5.74) is 2.57. The zero-order valence-electron chi connectivity index (χ0n) is 23.7. The van der Waals surface area contributed by atoms with Crippen LogP contribution in [0.1, 0.15) is 76.8 Å². The molecule has 0 aromatic carbocycles. The Labute approximate surface area is 247 Å². The Morgan fingerprint density at radius 1 is 1.22 bits per heavy atom. The highest BCUT2D eigenvalue weighted by atomic mass is 32.2. The van der Waals surface area contributed by atoms with E-state index in [0.29, 0.717) is 5.56 Å². The van der Waals surface area contributed by atoms with Crippen LogP contribution in [-0.2, 0) is 29.5 Å². The van der Waals surface area contributed by atoms with Crippen molar-refractivity contribution in [3.05, 3.63) is 69.2 Å². The van der Waals surface area contributed by atoms with Gasteiger partial charge in [0.2, 0.25) is 5.82 Å². The maximum Gasteiger partial charge on any atom is 0.451 e. The number of fused-ring (bicyclic) bond motifs is 2. The molecule has 1 fully saturated rings. The predicted octanol–water partition coefficient (Wildman–Crippen LogP) is 6.30. The first-order valence-corrected chi connectivity index (χ1v) is 15.5. The molecular weight excluding hydrogens is 571 g/mol. The number of ether oxygens (including phenoxy) is 1. The number of hydrogen-bond acceptors (Lipinski definition) is 9. The monoisotopic (exact) mass is 607 g/mol. The molecule has 0 radical (unpaired) electrons. The van der Waals surface area contributed by atoms with E-state index in [2.05, 4.69) is 51.1 Å². The molecule has 0 bridgehead atoms. The molecular formula is C29H36F3N5O2S2. The van der Waals surface area contributed by atoms with Gasteiger partial charge in [-0.2, -0.15) is 13.2 Å². The van der Waals surface area contributed by atoms with Crippen molar-refractivity contribution < 1.29 is 22.7 Å². The first kappa shape index (κ1) is 31.6. The van der Waals surface area contributed by atoms with E-state index in [-0.39, 0.29) is 17.7 Å². The molecule has 2 unspecified atom stereocenters. The Bertz CT molecular complexity index is 1250. The summed E-state index contributed by atoms with van der Waals surface area (Å²) in [6.45, 7) is 8.47. The number of halogens is 3. The van der Waals surface area contributed by atoms with E-state index in [0.717, 1.165) is 66.4 Å². The zero-order valence-corrected chi connectivity index (χ0v) is 25.3. The van der Waals surface area contributed by atoms with Crippen LogP contribution in [-0.4, -0.2) is 58.1 Å². The third-order valence-electron chi connectivity index (χ3n) is 7.32. The molecule has 2 atom stereocenters. The van der Waals surface area contributed by atoms with Crippen molar-refractivity contribution in [2.45, 2.75) is 75.4 Å². The van der Waals surface area contributed by atoms with Crippen LogP contribution >= 0.6 is 23.1 Å². The van der Waals surface area contributed by atoms with E-state index in [4.69, 9.17) is 4.74 Å². The van der Waals surface area contributed by atoms with Crippen LogP contribution in [0.4, 0.5) is 13.2 Å². The first-order valence-electron chi connectivity index (χ1n) is 13.7. The van der Waals surface area contributed by atoms with Gasteiger partial charge < -0.3 is 10.1 Å². The van der Waals surface area contributed by atoms with Gasteiger partial charge in [0.1, 0.15) is 5.60 Å². The Morgan fingerprint density at radius 3 is 2.49 bits per heavy atom. The van der Waals surface area contributed by atoms with Gasteiger partial charge in [0.25, 0.3) is 0 Å². The Kier molecular flexibility index (Phi) is 10.6. The molecule has 3 aromatic rings. The minimum atomic E-state index is -4.53. The van der Waals surface area contributed by atoms with Crippen LogP contribution in [0.5, 0.6) is 0 Å². The Balaban J connectivity index is 0.000000271. The van der Waals surface area contributed by atoms with E-state index in [1.807, 2.05) is 38.0 Å². The van der Waals surface area contributed by atoms with Crippen molar-refractivity contribution in [2.75, 3.05) is 25.9 Å². The molecule has 1 N–H and O–H groups in total. The van der Waals surface area contributed by atoms with Crippen LogP contribution < -0.4 is 5.32 Å². The maximum atomic E-state index is 12.7. The average molecular weight is 608 g/mol. The third kappa shape index (κ3) is 7.72. The smallest absolute Gasteiger partial charge is 0.366 e. The molecule has 0 saturated carbocycles. The highest BCUT2D eigenvalue weighted by Gasteiger charge is 2.45. The summed E-state index contributed by atoms with van der Waals surface area (Å²) >= 11 is 3.33. The van der Waals surface area contributed by atoms with E-state index in [9.17, 15) is 18.0 Å². The summed E-state index contributed by atoms with van der Waals surface area (Å²) in [7, 11) is 1.93. The molecule has 7 nitrogen and oxygen atoms in total. The van der Waals surface area contributed by atoms with Gasteiger partial charge in [0, 0.05) is 59.6 Å². The number of thioether (sulfide) groups is 1.